The van der Waals surface area contributed by atoms with Gasteiger partial charge in [-0.15, -0.1) is 0 Å². The Morgan fingerprint density at radius 3 is 2.76 bits per heavy atom. The van der Waals surface area contributed by atoms with Gasteiger partial charge in [-0.2, -0.15) is 4.98 Å². The second-order valence-corrected chi connectivity index (χ2v) is 8.65. The summed E-state index contributed by atoms with van der Waals surface area (Å²) >= 11 is 0. The molecule has 9 heteroatoms. The summed E-state index contributed by atoms with van der Waals surface area (Å²) < 4.78 is 15.8. The molecule has 0 radical (unpaired) electrons. The summed E-state index contributed by atoms with van der Waals surface area (Å²) in [6, 6.07) is 9.22. The molecule has 1 aliphatic rings. The third-order valence-electron chi connectivity index (χ3n) is 6.41. The fraction of sp³-hybridized carbons (Fsp3) is 0.320. The molecule has 0 amide bonds. The molecule has 34 heavy (non-hydrogen) atoms. The van der Waals surface area contributed by atoms with Crippen LogP contribution in [0, 0.1) is 0 Å². The number of rotatable bonds is 4. The van der Waals surface area contributed by atoms with E-state index < -0.39 is 0 Å². The molecule has 0 bridgehead atoms. The van der Waals surface area contributed by atoms with Crippen LogP contribution in [-0.2, 0) is 11.8 Å². The number of ether oxygens (including phenoxy) is 1. The molecule has 1 fully saturated rings. The highest BCUT2D eigenvalue weighted by atomic mass is 16.5. The Bertz CT molecular complexity index is 1550. The molecule has 1 saturated heterocycles. The Hall–Kier alpha value is -3.85. The van der Waals surface area contributed by atoms with Gasteiger partial charge in [0, 0.05) is 32.1 Å². The number of aryl methyl sites for hydroxylation is 1. The van der Waals surface area contributed by atoms with Crippen molar-refractivity contribution in [2.24, 2.45) is 7.05 Å². The van der Waals surface area contributed by atoms with Crippen molar-refractivity contribution in [2.75, 3.05) is 6.61 Å². The Labute approximate surface area is 195 Å². The van der Waals surface area contributed by atoms with Gasteiger partial charge in [0.05, 0.1) is 23.8 Å². The van der Waals surface area contributed by atoms with Crippen LogP contribution in [0.15, 0.2) is 58.3 Å². The number of fused-ring (bicyclic) bond motifs is 3. The number of furan rings is 1. The minimum atomic E-state index is -0.331. The maximum Gasteiger partial charge on any atom is 0.349 e. The van der Waals surface area contributed by atoms with Gasteiger partial charge in [-0.3, -0.25) is 9.55 Å². The van der Waals surface area contributed by atoms with E-state index in [9.17, 15) is 4.79 Å². The molecule has 9 nitrogen and oxygen atoms in total. The number of hydrogen-bond acceptors (Lipinski definition) is 7. The number of pyridine rings is 2. The van der Waals surface area contributed by atoms with Crippen molar-refractivity contribution in [1.82, 2.24) is 29.1 Å². The Morgan fingerprint density at radius 1 is 1.09 bits per heavy atom. The van der Waals surface area contributed by atoms with Gasteiger partial charge in [0.1, 0.15) is 22.4 Å². The zero-order chi connectivity index (χ0) is 23.2. The highest BCUT2D eigenvalue weighted by molar-refractivity contribution is 6.04. The highest BCUT2D eigenvalue weighted by Crippen LogP contribution is 2.36. The summed E-state index contributed by atoms with van der Waals surface area (Å²) in [5, 5.41) is 0. The molecular formula is C25H24N6O3. The summed E-state index contributed by atoms with van der Waals surface area (Å²) in [5.74, 6) is 0. The van der Waals surface area contributed by atoms with Gasteiger partial charge in [-0.05, 0) is 43.5 Å². The van der Waals surface area contributed by atoms with Crippen molar-refractivity contribution < 1.29 is 9.15 Å². The van der Waals surface area contributed by atoms with E-state index in [1.54, 1.807) is 17.1 Å². The van der Waals surface area contributed by atoms with Gasteiger partial charge in [-0.1, -0.05) is 13.0 Å². The number of aromatic nitrogens is 6. The Balaban J connectivity index is 1.65. The van der Waals surface area contributed by atoms with Gasteiger partial charge in [0.15, 0.2) is 11.2 Å². The number of nitrogens with zero attached hydrogens (tertiary/aromatic N) is 6. The molecule has 6 heterocycles. The first kappa shape index (κ1) is 20.7. The van der Waals surface area contributed by atoms with Gasteiger partial charge >= 0.3 is 5.69 Å². The van der Waals surface area contributed by atoms with E-state index in [4.69, 9.17) is 14.1 Å². The Morgan fingerprint density at radius 2 is 2.00 bits per heavy atom. The van der Waals surface area contributed by atoms with Crippen molar-refractivity contribution in [1.29, 1.82) is 0 Å². The SMILES string of the molecule is CC[C@H]1C[C@@H](n2c(=O)nc(-c3ccccn3)c3oc4ccc(-c5cn(C)cn5)nc4c32)CCO1. The topological polar surface area (TPSA) is 101 Å². The lowest BCUT2D eigenvalue weighted by atomic mass is 10.0. The smallest absolute Gasteiger partial charge is 0.349 e. The summed E-state index contributed by atoms with van der Waals surface area (Å²) in [6.07, 6.45) is 7.79. The lowest BCUT2D eigenvalue weighted by molar-refractivity contribution is -0.00710. The van der Waals surface area contributed by atoms with E-state index in [0.717, 1.165) is 25.0 Å². The van der Waals surface area contributed by atoms with E-state index in [1.165, 1.54) is 0 Å². The van der Waals surface area contributed by atoms with E-state index in [-0.39, 0.29) is 17.8 Å². The molecule has 1 aliphatic heterocycles. The van der Waals surface area contributed by atoms with Crippen molar-refractivity contribution in [3.05, 3.63) is 59.5 Å². The quantitative estimate of drug-likeness (QED) is 0.401. The maximum absolute atomic E-state index is 13.5. The molecule has 0 aliphatic carbocycles. The van der Waals surface area contributed by atoms with Crippen LogP contribution in [0.3, 0.4) is 0 Å². The first-order valence-electron chi connectivity index (χ1n) is 11.5. The van der Waals surface area contributed by atoms with E-state index >= 15 is 0 Å². The zero-order valence-electron chi connectivity index (χ0n) is 19.0. The fourth-order valence-electron chi connectivity index (χ4n) is 4.73. The van der Waals surface area contributed by atoms with Crippen LogP contribution >= 0.6 is 0 Å². The summed E-state index contributed by atoms with van der Waals surface area (Å²) in [6.45, 7) is 2.70. The minimum absolute atomic E-state index is 0.0555. The zero-order valence-corrected chi connectivity index (χ0v) is 19.0. The molecular weight excluding hydrogens is 432 g/mol. The average Bonchev–Trinajstić information content (AvgIpc) is 3.47. The molecule has 172 valence electrons. The van der Waals surface area contributed by atoms with E-state index in [2.05, 4.69) is 21.9 Å². The van der Waals surface area contributed by atoms with Gasteiger partial charge < -0.3 is 13.7 Å². The van der Waals surface area contributed by atoms with Gasteiger partial charge in [0.25, 0.3) is 0 Å². The lowest BCUT2D eigenvalue weighted by Gasteiger charge is -2.30. The largest absolute Gasteiger partial charge is 0.450 e. The Kier molecular flexibility index (Phi) is 4.99. The summed E-state index contributed by atoms with van der Waals surface area (Å²) in [7, 11) is 1.92. The minimum Gasteiger partial charge on any atom is -0.450 e. The molecule has 2 atom stereocenters. The van der Waals surface area contributed by atoms with Crippen LogP contribution in [0.2, 0.25) is 0 Å². The standard InChI is InChI=1S/C25H24N6O3/c1-3-16-12-15(9-11-33-16)31-23-22-20(8-7-17(28-22)19-13-30(2)14-27-19)34-24(23)21(29-25(31)32)18-6-4-5-10-26-18/h4-8,10,13-16H,3,9,11-12H2,1-2H3/t15-,16-/m0/s1. The first-order chi connectivity index (χ1) is 16.6. The van der Waals surface area contributed by atoms with Crippen molar-refractivity contribution in [3.8, 4) is 22.8 Å². The maximum atomic E-state index is 13.5. The summed E-state index contributed by atoms with van der Waals surface area (Å²) in [4.78, 5) is 31.7. The summed E-state index contributed by atoms with van der Waals surface area (Å²) in [5.41, 5.74) is 4.51. The van der Waals surface area contributed by atoms with Crippen LogP contribution in [0.1, 0.15) is 32.2 Å². The second kappa shape index (κ2) is 8.18. The molecule has 0 saturated carbocycles. The molecule has 0 unspecified atom stereocenters. The molecule has 0 aromatic carbocycles. The molecule has 5 aromatic rings. The molecule has 0 spiro atoms. The number of imidazole rings is 1. The van der Waals surface area contributed by atoms with Gasteiger partial charge in [-0.25, -0.2) is 14.8 Å². The van der Waals surface area contributed by atoms with Crippen LogP contribution in [0.5, 0.6) is 0 Å². The van der Waals surface area contributed by atoms with Crippen LogP contribution in [0.25, 0.3) is 45.0 Å². The normalized spacial score (nSPS) is 18.6. The predicted octanol–water partition coefficient (Wildman–Crippen LogP) is 4.13. The van der Waals surface area contributed by atoms with Crippen LogP contribution in [-0.4, -0.2) is 41.8 Å². The molecule has 0 N–H and O–H groups in total. The van der Waals surface area contributed by atoms with Crippen LogP contribution < -0.4 is 5.69 Å². The van der Waals surface area contributed by atoms with Crippen molar-refractivity contribution in [3.63, 3.8) is 0 Å². The van der Waals surface area contributed by atoms with Crippen molar-refractivity contribution >= 4 is 22.2 Å². The third-order valence-corrected chi connectivity index (χ3v) is 6.41. The highest BCUT2D eigenvalue weighted by Gasteiger charge is 2.29. The predicted molar refractivity (Wildman–Crippen MR) is 127 cm³/mol. The van der Waals surface area contributed by atoms with Gasteiger partial charge in [0.2, 0.25) is 0 Å². The molecule has 5 aromatic heterocycles. The second-order valence-electron chi connectivity index (χ2n) is 8.65. The first-order valence-corrected chi connectivity index (χ1v) is 11.5. The number of hydrogen-bond donors (Lipinski definition) is 0. The van der Waals surface area contributed by atoms with E-state index in [0.29, 0.717) is 45.9 Å². The monoisotopic (exact) mass is 456 g/mol. The fourth-order valence-corrected chi connectivity index (χ4v) is 4.73. The van der Waals surface area contributed by atoms with E-state index in [1.807, 2.05) is 48.1 Å². The lowest BCUT2D eigenvalue weighted by Crippen LogP contribution is -2.34. The molecule has 6 rings (SSSR count). The van der Waals surface area contributed by atoms with Crippen molar-refractivity contribution in [2.45, 2.75) is 38.3 Å². The van der Waals surface area contributed by atoms with Crippen LogP contribution in [0.4, 0.5) is 0 Å². The average molecular weight is 457 g/mol. The third kappa shape index (κ3) is 3.40.